The molecule has 0 atom stereocenters. The lowest BCUT2D eigenvalue weighted by molar-refractivity contribution is 0.669. The van der Waals surface area contributed by atoms with Crippen molar-refractivity contribution in [3.8, 4) is 22.3 Å². The van der Waals surface area contributed by atoms with Crippen LogP contribution in [0.15, 0.2) is 156 Å². The predicted octanol–water partition coefficient (Wildman–Crippen LogP) is 9.34. The van der Waals surface area contributed by atoms with Gasteiger partial charge in [-0.2, -0.15) is 0 Å². The molecule has 4 nitrogen and oxygen atoms in total. The molecule has 43 heavy (non-hydrogen) atoms. The van der Waals surface area contributed by atoms with Gasteiger partial charge in [0.05, 0.1) is 0 Å². The van der Waals surface area contributed by atoms with Crippen molar-refractivity contribution >= 4 is 27.8 Å². The van der Waals surface area contributed by atoms with E-state index in [2.05, 4.69) is 91.9 Å². The molecule has 0 bridgehead atoms. The Kier molecular flexibility index (Phi) is 9.42. The number of furan rings is 1. The second-order valence-electron chi connectivity index (χ2n) is 10.2. The molecular formula is C39H35N3O. The van der Waals surface area contributed by atoms with E-state index in [1.54, 1.807) is 0 Å². The number of aryl methyl sites for hydroxylation is 1. The molecule has 0 aliphatic heterocycles. The first-order valence-electron chi connectivity index (χ1n) is 14.2. The highest BCUT2D eigenvalue weighted by Gasteiger charge is 2.11. The number of para-hydroxylation sites is 1. The van der Waals surface area contributed by atoms with E-state index in [1.165, 1.54) is 44.2 Å². The molecule has 7 aromatic rings. The van der Waals surface area contributed by atoms with Gasteiger partial charge in [-0.05, 0) is 46.9 Å². The number of fused-ring (bicyclic) bond motifs is 3. The van der Waals surface area contributed by atoms with Gasteiger partial charge >= 0.3 is 0 Å². The van der Waals surface area contributed by atoms with Gasteiger partial charge in [-0.15, -0.1) is 0 Å². The molecule has 212 valence electrons. The van der Waals surface area contributed by atoms with Crippen LogP contribution in [0.5, 0.6) is 0 Å². The van der Waals surface area contributed by atoms with Crippen LogP contribution in [-0.4, -0.2) is 5.84 Å². The summed E-state index contributed by atoms with van der Waals surface area (Å²) in [6, 6.07) is 51.0. The molecule has 1 heterocycles. The van der Waals surface area contributed by atoms with Crippen LogP contribution in [0.1, 0.15) is 16.7 Å². The maximum absolute atomic E-state index is 7.01. The molecule has 0 fully saturated rings. The summed E-state index contributed by atoms with van der Waals surface area (Å²) in [7, 11) is 0. The molecule has 0 aliphatic rings. The molecule has 0 saturated heterocycles. The van der Waals surface area contributed by atoms with Crippen LogP contribution in [0.4, 0.5) is 0 Å². The third-order valence-corrected chi connectivity index (χ3v) is 7.11. The summed E-state index contributed by atoms with van der Waals surface area (Å²) in [4.78, 5) is 0. The SMILES string of the molecule is Cc1cccc(-c2cccc3oc4ccccc4c23)c1.N=C(N)c1ccccc1.NCc1ccc(-c2ccccc2)cc1. The second kappa shape index (κ2) is 13.9. The van der Waals surface area contributed by atoms with Gasteiger partial charge in [-0.25, -0.2) is 0 Å². The predicted molar refractivity (Wildman–Crippen MR) is 181 cm³/mol. The Morgan fingerprint density at radius 2 is 1.19 bits per heavy atom. The number of hydrogen-bond acceptors (Lipinski definition) is 3. The fourth-order valence-electron chi connectivity index (χ4n) is 4.91. The number of amidine groups is 1. The van der Waals surface area contributed by atoms with Gasteiger partial charge in [0.2, 0.25) is 0 Å². The third-order valence-electron chi connectivity index (χ3n) is 7.11. The average Bonchev–Trinajstić information content (AvgIpc) is 3.45. The molecule has 0 saturated carbocycles. The van der Waals surface area contributed by atoms with Gasteiger partial charge in [0.15, 0.2) is 0 Å². The van der Waals surface area contributed by atoms with Gasteiger partial charge < -0.3 is 15.9 Å². The number of rotatable bonds is 4. The molecule has 4 heteroatoms. The lowest BCUT2D eigenvalue weighted by Crippen LogP contribution is -2.10. The largest absolute Gasteiger partial charge is 0.456 e. The summed E-state index contributed by atoms with van der Waals surface area (Å²) in [5.74, 6) is 0.121. The van der Waals surface area contributed by atoms with Gasteiger partial charge in [0.25, 0.3) is 0 Å². The second-order valence-corrected chi connectivity index (χ2v) is 10.2. The summed E-state index contributed by atoms with van der Waals surface area (Å²) < 4.78 is 5.94. The molecular weight excluding hydrogens is 526 g/mol. The molecule has 0 radical (unpaired) electrons. The van der Waals surface area contributed by atoms with Crippen molar-refractivity contribution in [2.24, 2.45) is 11.5 Å². The monoisotopic (exact) mass is 561 g/mol. The van der Waals surface area contributed by atoms with E-state index >= 15 is 0 Å². The van der Waals surface area contributed by atoms with E-state index in [4.69, 9.17) is 21.3 Å². The molecule has 0 aliphatic carbocycles. The zero-order chi connectivity index (χ0) is 30.0. The molecule has 0 spiro atoms. The topological polar surface area (TPSA) is 89.0 Å². The normalized spacial score (nSPS) is 10.4. The average molecular weight is 562 g/mol. The van der Waals surface area contributed by atoms with Gasteiger partial charge in [-0.1, -0.05) is 145 Å². The molecule has 7 rings (SSSR count). The minimum absolute atomic E-state index is 0.121. The Bertz CT molecular complexity index is 1930. The molecule has 6 aromatic carbocycles. The first kappa shape index (κ1) is 29.1. The van der Waals surface area contributed by atoms with Crippen molar-refractivity contribution in [2.45, 2.75) is 13.5 Å². The number of nitrogens with one attached hydrogen (secondary N) is 1. The number of nitrogen functional groups attached to an aromatic ring is 1. The quantitative estimate of drug-likeness (QED) is 0.148. The molecule has 1 aromatic heterocycles. The van der Waals surface area contributed by atoms with Crippen molar-refractivity contribution in [3.63, 3.8) is 0 Å². The number of benzene rings is 6. The Morgan fingerprint density at radius 3 is 1.84 bits per heavy atom. The Labute approximate surface area is 252 Å². The summed E-state index contributed by atoms with van der Waals surface area (Å²) in [6.07, 6.45) is 0. The first-order valence-corrected chi connectivity index (χ1v) is 14.2. The van der Waals surface area contributed by atoms with Crippen LogP contribution >= 0.6 is 0 Å². The van der Waals surface area contributed by atoms with E-state index in [0.29, 0.717) is 6.54 Å². The first-order chi connectivity index (χ1) is 21.0. The highest BCUT2D eigenvalue weighted by molar-refractivity contribution is 6.12. The maximum atomic E-state index is 7.01. The van der Waals surface area contributed by atoms with Crippen LogP contribution in [0.3, 0.4) is 0 Å². The van der Waals surface area contributed by atoms with Gasteiger partial charge in [-0.3, -0.25) is 5.41 Å². The van der Waals surface area contributed by atoms with Crippen molar-refractivity contribution < 1.29 is 4.42 Å². The van der Waals surface area contributed by atoms with Crippen molar-refractivity contribution in [3.05, 3.63) is 168 Å². The van der Waals surface area contributed by atoms with E-state index in [9.17, 15) is 0 Å². The lowest BCUT2D eigenvalue weighted by Gasteiger charge is -2.04. The van der Waals surface area contributed by atoms with Gasteiger partial charge in [0.1, 0.15) is 17.0 Å². The third kappa shape index (κ3) is 7.25. The zero-order valence-corrected chi connectivity index (χ0v) is 24.2. The molecule has 5 N–H and O–H groups in total. The van der Waals surface area contributed by atoms with E-state index < -0.39 is 0 Å². The Balaban J connectivity index is 0.000000140. The highest BCUT2D eigenvalue weighted by Crippen LogP contribution is 2.36. The summed E-state index contributed by atoms with van der Waals surface area (Å²) in [6.45, 7) is 2.73. The van der Waals surface area contributed by atoms with Crippen molar-refractivity contribution in [1.82, 2.24) is 0 Å². The van der Waals surface area contributed by atoms with Crippen molar-refractivity contribution in [1.29, 1.82) is 5.41 Å². The smallest absolute Gasteiger partial charge is 0.136 e. The lowest BCUT2D eigenvalue weighted by atomic mass is 9.98. The van der Waals surface area contributed by atoms with Crippen LogP contribution < -0.4 is 11.5 Å². The standard InChI is InChI=1S/C19H14O.C13H13N.C7H8N2/c1-13-6-4-7-14(12-13)15-9-5-11-18-19(15)16-8-2-3-10-17(16)20-18;14-10-11-6-8-13(9-7-11)12-4-2-1-3-5-12;8-7(9)6-4-2-1-3-5-6/h2-12H,1H3;1-9H,10,14H2;1-5H,(H3,8,9). The van der Waals surface area contributed by atoms with Crippen molar-refractivity contribution in [2.75, 3.05) is 0 Å². The molecule has 0 amide bonds. The van der Waals surface area contributed by atoms with Gasteiger partial charge in [0, 0.05) is 22.9 Å². The summed E-state index contributed by atoms with van der Waals surface area (Å²) in [5.41, 5.74) is 20.8. The van der Waals surface area contributed by atoms with Crippen LogP contribution in [-0.2, 0) is 6.54 Å². The number of nitrogens with two attached hydrogens (primary N) is 2. The minimum Gasteiger partial charge on any atom is -0.456 e. The number of hydrogen-bond donors (Lipinski definition) is 3. The zero-order valence-electron chi connectivity index (χ0n) is 24.2. The molecule has 0 unspecified atom stereocenters. The summed E-state index contributed by atoms with van der Waals surface area (Å²) >= 11 is 0. The van der Waals surface area contributed by atoms with Crippen LogP contribution in [0.25, 0.3) is 44.2 Å². The van der Waals surface area contributed by atoms with E-state index in [0.717, 1.165) is 16.7 Å². The highest BCUT2D eigenvalue weighted by atomic mass is 16.3. The van der Waals surface area contributed by atoms with Crippen LogP contribution in [0.2, 0.25) is 0 Å². The maximum Gasteiger partial charge on any atom is 0.136 e. The van der Waals surface area contributed by atoms with E-state index in [1.807, 2.05) is 66.7 Å². The Hall–Kier alpha value is -5.45. The summed E-state index contributed by atoms with van der Waals surface area (Å²) in [5, 5.41) is 9.40. The fraction of sp³-hybridized carbons (Fsp3) is 0.0513. The van der Waals surface area contributed by atoms with E-state index in [-0.39, 0.29) is 5.84 Å². The van der Waals surface area contributed by atoms with Crippen LogP contribution in [0, 0.1) is 12.3 Å². The Morgan fingerprint density at radius 1 is 0.605 bits per heavy atom. The minimum atomic E-state index is 0.121. The fourth-order valence-corrected chi connectivity index (χ4v) is 4.91.